The van der Waals surface area contributed by atoms with Gasteiger partial charge in [-0.25, -0.2) is 0 Å². The molecule has 0 aliphatic carbocycles. The van der Waals surface area contributed by atoms with E-state index < -0.39 is 6.04 Å². The Labute approximate surface area is 106 Å². The molecule has 0 saturated carbocycles. The smallest absolute Gasteiger partial charge is 0.123 e. The predicted molar refractivity (Wildman–Crippen MR) is 67.7 cm³/mol. The highest BCUT2D eigenvalue weighted by molar-refractivity contribution is 6.33. The topological polar surface area (TPSA) is 35.8 Å². The van der Waals surface area contributed by atoms with E-state index in [0.717, 1.165) is 12.0 Å². The second kappa shape index (κ2) is 6.10. The van der Waals surface area contributed by atoms with Gasteiger partial charge in [0.2, 0.25) is 0 Å². The SMILES string of the molecule is CCC(C)NC(C#N)c1cc(Cl)ccc1Cl. The molecule has 4 heteroatoms. The molecule has 0 bridgehead atoms. The first-order chi connectivity index (χ1) is 7.58. The molecule has 0 spiro atoms. The van der Waals surface area contributed by atoms with Gasteiger partial charge in [0.25, 0.3) is 0 Å². The molecule has 86 valence electrons. The molecule has 1 aromatic carbocycles. The van der Waals surface area contributed by atoms with E-state index in [1.165, 1.54) is 0 Å². The lowest BCUT2D eigenvalue weighted by atomic mass is 10.1. The first kappa shape index (κ1) is 13.3. The number of nitrogens with zero attached hydrogens (tertiary/aromatic N) is 1. The minimum Gasteiger partial charge on any atom is -0.296 e. The lowest BCUT2D eigenvalue weighted by Crippen LogP contribution is -2.29. The first-order valence-corrected chi connectivity index (χ1v) is 5.94. The van der Waals surface area contributed by atoms with Crippen molar-refractivity contribution < 1.29 is 0 Å². The largest absolute Gasteiger partial charge is 0.296 e. The third-order valence-electron chi connectivity index (χ3n) is 2.46. The summed E-state index contributed by atoms with van der Waals surface area (Å²) in [4.78, 5) is 0. The maximum atomic E-state index is 9.12. The number of nitriles is 1. The van der Waals surface area contributed by atoms with Crippen LogP contribution in [0.2, 0.25) is 10.0 Å². The van der Waals surface area contributed by atoms with Gasteiger partial charge in [0, 0.05) is 21.7 Å². The summed E-state index contributed by atoms with van der Waals surface area (Å²) in [7, 11) is 0. The number of benzene rings is 1. The minimum absolute atomic E-state index is 0.264. The van der Waals surface area contributed by atoms with E-state index in [0.29, 0.717) is 10.0 Å². The van der Waals surface area contributed by atoms with E-state index in [-0.39, 0.29) is 6.04 Å². The Hall–Kier alpha value is -0.750. The number of halogens is 2. The van der Waals surface area contributed by atoms with Crippen LogP contribution in [-0.2, 0) is 0 Å². The molecular formula is C12H14Cl2N2. The molecule has 1 aromatic rings. The molecule has 0 radical (unpaired) electrons. The molecule has 2 nitrogen and oxygen atoms in total. The molecule has 16 heavy (non-hydrogen) atoms. The molecule has 2 unspecified atom stereocenters. The van der Waals surface area contributed by atoms with Gasteiger partial charge in [-0.05, 0) is 31.5 Å². The number of hydrogen-bond acceptors (Lipinski definition) is 2. The van der Waals surface area contributed by atoms with Crippen molar-refractivity contribution in [3.05, 3.63) is 33.8 Å². The monoisotopic (exact) mass is 256 g/mol. The average Bonchev–Trinajstić information content (AvgIpc) is 2.29. The molecule has 1 N–H and O–H groups in total. The zero-order valence-corrected chi connectivity index (χ0v) is 10.8. The summed E-state index contributed by atoms with van der Waals surface area (Å²) < 4.78 is 0. The highest BCUT2D eigenvalue weighted by Crippen LogP contribution is 2.26. The molecular weight excluding hydrogens is 243 g/mol. The minimum atomic E-state index is -0.416. The zero-order valence-electron chi connectivity index (χ0n) is 9.30. The first-order valence-electron chi connectivity index (χ1n) is 5.19. The third kappa shape index (κ3) is 3.38. The van der Waals surface area contributed by atoms with Gasteiger partial charge in [-0.2, -0.15) is 5.26 Å². The van der Waals surface area contributed by atoms with Crippen molar-refractivity contribution in [2.24, 2.45) is 0 Å². The predicted octanol–water partition coefficient (Wildman–Crippen LogP) is 3.95. The lowest BCUT2D eigenvalue weighted by Gasteiger charge is -2.18. The fourth-order valence-corrected chi connectivity index (χ4v) is 1.74. The summed E-state index contributed by atoms with van der Waals surface area (Å²) in [5.41, 5.74) is 0.733. The Balaban J connectivity index is 2.95. The molecule has 0 amide bonds. The summed E-state index contributed by atoms with van der Waals surface area (Å²) in [6.45, 7) is 4.09. The fourth-order valence-electron chi connectivity index (χ4n) is 1.33. The lowest BCUT2D eigenvalue weighted by molar-refractivity contribution is 0.501. The Morgan fingerprint density at radius 1 is 1.44 bits per heavy atom. The van der Waals surface area contributed by atoms with Gasteiger partial charge in [-0.3, -0.25) is 5.32 Å². The van der Waals surface area contributed by atoms with E-state index in [9.17, 15) is 0 Å². The standard InChI is InChI=1S/C12H14Cl2N2/c1-3-8(2)16-12(7-15)10-6-9(13)4-5-11(10)14/h4-6,8,12,16H,3H2,1-2H3. The van der Waals surface area contributed by atoms with Crippen LogP contribution < -0.4 is 5.32 Å². The van der Waals surface area contributed by atoms with Gasteiger partial charge in [0.1, 0.15) is 6.04 Å². The van der Waals surface area contributed by atoms with E-state index in [1.54, 1.807) is 18.2 Å². The van der Waals surface area contributed by atoms with E-state index in [4.69, 9.17) is 28.5 Å². The Morgan fingerprint density at radius 3 is 2.69 bits per heavy atom. The van der Waals surface area contributed by atoms with E-state index in [1.807, 2.05) is 6.92 Å². The summed E-state index contributed by atoms with van der Waals surface area (Å²) in [6.07, 6.45) is 0.955. The Morgan fingerprint density at radius 2 is 2.12 bits per heavy atom. The average molecular weight is 257 g/mol. The van der Waals surface area contributed by atoms with Crippen LogP contribution in [0.1, 0.15) is 31.9 Å². The van der Waals surface area contributed by atoms with Gasteiger partial charge in [0.15, 0.2) is 0 Å². The number of rotatable bonds is 4. The van der Waals surface area contributed by atoms with Crippen LogP contribution >= 0.6 is 23.2 Å². The summed E-state index contributed by atoms with van der Waals surface area (Å²) in [5, 5.41) is 13.5. The highest BCUT2D eigenvalue weighted by Gasteiger charge is 2.16. The van der Waals surface area contributed by atoms with Crippen LogP contribution in [0.3, 0.4) is 0 Å². The van der Waals surface area contributed by atoms with Crippen molar-refractivity contribution in [1.82, 2.24) is 5.32 Å². The molecule has 2 atom stereocenters. The quantitative estimate of drug-likeness (QED) is 0.886. The van der Waals surface area contributed by atoms with Crippen molar-refractivity contribution in [2.75, 3.05) is 0 Å². The second-order valence-electron chi connectivity index (χ2n) is 3.70. The van der Waals surface area contributed by atoms with Crippen LogP contribution in [-0.4, -0.2) is 6.04 Å². The third-order valence-corrected chi connectivity index (χ3v) is 3.04. The van der Waals surface area contributed by atoms with Crippen molar-refractivity contribution in [3.63, 3.8) is 0 Å². The molecule has 0 aliphatic rings. The van der Waals surface area contributed by atoms with Gasteiger partial charge in [-0.15, -0.1) is 0 Å². The van der Waals surface area contributed by atoms with Crippen LogP contribution in [0.5, 0.6) is 0 Å². The van der Waals surface area contributed by atoms with Crippen molar-refractivity contribution in [1.29, 1.82) is 5.26 Å². The highest BCUT2D eigenvalue weighted by atomic mass is 35.5. The van der Waals surface area contributed by atoms with Gasteiger partial charge in [0.05, 0.1) is 6.07 Å². The van der Waals surface area contributed by atoms with Crippen molar-refractivity contribution in [2.45, 2.75) is 32.4 Å². The van der Waals surface area contributed by atoms with Crippen LogP contribution in [0.25, 0.3) is 0 Å². The van der Waals surface area contributed by atoms with Crippen LogP contribution in [0, 0.1) is 11.3 Å². The normalized spacial score (nSPS) is 14.2. The van der Waals surface area contributed by atoms with E-state index in [2.05, 4.69) is 18.3 Å². The maximum Gasteiger partial charge on any atom is 0.123 e. The Kier molecular flexibility index (Phi) is 5.08. The molecule has 0 fully saturated rings. The molecule has 0 saturated heterocycles. The summed E-state index contributed by atoms with van der Waals surface area (Å²) >= 11 is 11.9. The second-order valence-corrected chi connectivity index (χ2v) is 4.55. The van der Waals surface area contributed by atoms with Crippen molar-refractivity contribution in [3.8, 4) is 6.07 Å². The summed E-state index contributed by atoms with van der Waals surface area (Å²) in [6, 6.07) is 7.20. The molecule has 0 aromatic heterocycles. The maximum absolute atomic E-state index is 9.12. The van der Waals surface area contributed by atoms with Gasteiger partial charge >= 0.3 is 0 Å². The van der Waals surface area contributed by atoms with Crippen molar-refractivity contribution >= 4 is 23.2 Å². The zero-order chi connectivity index (χ0) is 12.1. The van der Waals surface area contributed by atoms with E-state index >= 15 is 0 Å². The number of hydrogen-bond donors (Lipinski definition) is 1. The fraction of sp³-hybridized carbons (Fsp3) is 0.417. The van der Waals surface area contributed by atoms with Crippen LogP contribution in [0.15, 0.2) is 18.2 Å². The van der Waals surface area contributed by atoms with Gasteiger partial charge in [-0.1, -0.05) is 30.1 Å². The molecule has 0 heterocycles. The van der Waals surface area contributed by atoms with Crippen LogP contribution in [0.4, 0.5) is 0 Å². The molecule has 0 aliphatic heterocycles. The molecule has 1 rings (SSSR count). The van der Waals surface area contributed by atoms with Gasteiger partial charge < -0.3 is 0 Å². The number of nitrogens with one attached hydrogen (secondary N) is 1. The Bertz CT molecular complexity index is 398. The summed E-state index contributed by atoms with van der Waals surface area (Å²) in [5.74, 6) is 0.